The number of nitrogens with one attached hydrogen (secondary N) is 1. The van der Waals surface area contributed by atoms with E-state index in [4.69, 9.17) is 9.15 Å². The lowest BCUT2D eigenvalue weighted by molar-refractivity contribution is -0.122. The molecular weight excluding hydrogens is 484 g/mol. The molecule has 9 heteroatoms. The Morgan fingerprint density at radius 3 is 2.39 bits per heavy atom. The van der Waals surface area contributed by atoms with Crippen LogP contribution < -0.4 is 15.0 Å². The summed E-state index contributed by atoms with van der Waals surface area (Å²) in [6.45, 7) is 0. The Kier molecular flexibility index (Phi) is 5.97. The molecule has 1 saturated heterocycles. The number of benzene rings is 2. The number of carbonyl (C=O) groups is 3. The summed E-state index contributed by atoms with van der Waals surface area (Å²) in [4.78, 5) is 39.3. The molecule has 31 heavy (non-hydrogen) atoms. The molecular formula is C22H15BrN2O5S. The Hall–Kier alpha value is -3.30. The van der Waals surface area contributed by atoms with Gasteiger partial charge in [-0.3, -0.25) is 14.9 Å². The van der Waals surface area contributed by atoms with Crippen LogP contribution in [0.3, 0.4) is 0 Å². The minimum Gasteiger partial charge on any atom is -0.497 e. The van der Waals surface area contributed by atoms with Crippen LogP contribution in [0.1, 0.15) is 5.76 Å². The fourth-order valence-electron chi connectivity index (χ4n) is 2.85. The predicted molar refractivity (Wildman–Crippen MR) is 119 cm³/mol. The summed E-state index contributed by atoms with van der Waals surface area (Å²) in [5.41, 5.74) is 0.150. The zero-order chi connectivity index (χ0) is 22.0. The first-order valence-corrected chi connectivity index (χ1v) is 10.6. The van der Waals surface area contributed by atoms with E-state index in [9.17, 15) is 14.4 Å². The highest BCUT2D eigenvalue weighted by atomic mass is 79.9. The molecule has 0 unspecified atom stereocenters. The number of amides is 4. The van der Waals surface area contributed by atoms with Gasteiger partial charge in [0.1, 0.15) is 17.1 Å². The quantitative estimate of drug-likeness (QED) is 0.398. The van der Waals surface area contributed by atoms with Crippen LogP contribution in [0.5, 0.6) is 5.75 Å². The number of imide groups is 2. The van der Waals surface area contributed by atoms with Gasteiger partial charge < -0.3 is 9.15 Å². The molecule has 0 bridgehead atoms. The van der Waals surface area contributed by atoms with E-state index >= 15 is 0 Å². The molecule has 156 valence electrons. The van der Waals surface area contributed by atoms with Crippen molar-refractivity contribution in [3.8, 4) is 5.75 Å². The molecule has 0 saturated carbocycles. The molecule has 7 nitrogen and oxygen atoms in total. The van der Waals surface area contributed by atoms with Crippen molar-refractivity contribution < 1.29 is 23.5 Å². The zero-order valence-electron chi connectivity index (χ0n) is 16.1. The normalized spacial score (nSPS) is 15.4. The molecule has 4 rings (SSSR count). The second-order valence-electron chi connectivity index (χ2n) is 6.37. The topological polar surface area (TPSA) is 88.9 Å². The lowest BCUT2D eigenvalue weighted by Crippen LogP contribution is -2.54. The van der Waals surface area contributed by atoms with Crippen LogP contribution in [0.4, 0.5) is 10.5 Å². The summed E-state index contributed by atoms with van der Waals surface area (Å²) in [6.07, 6.45) is 1.33. The number of anilines is 1. The van der Waals surface area contributed by atoms with E-state index in [1.807, 2.05) is 24.3 Å². The Balaban J connectivity index is 1.57. The van der Waals surface area contributed by atoms with E-state index < -0.39 is 17.8 Å². The molecule has 1 aliphatic heterocycles. The maximum Gasteiger partial charge on any atom is 0.335 e. The fraction of sp³-hybridized carbons (Fsp3) is 0.0455. The van der Waals surface area contributed by atoms with Crippen LogP contribution in [-0.2, 0) is 9.59 Å². The van der Waals surface area contributed by atoms with Crippen molar-refractivity contribution in [3.05, 3.63) is 76.5 Å². The first-order valence-electron chi connectivity index (χ1n) is 9.03. The molecule has 1 aromatic heterocycles. The number of methoxy groups -OCH3 is 1. The van der Waals surface area contributed by atoms with Gasteiger partial charge in [0.25, 0.3) is 11.8 Å². The lowest BCUT2D eigenvalue weighted by atomic mass is 10.1. The molecule has 0 spiro atoms. The van der Waals surface area contributed by atoms with Crippen LogP contribution in [-0.4, -0.2) is 25.0 Å². The van der Waals surface area contributed by atoms with E-state index in [0.717, 1.165) is 20.0 Å². The maximum atomic E-state index is 12.9. The van der Waals surface area contributed by atoms with E-state index in [2.05, 4.69) is 21.2 Å². The first-order chi connectivity index (χ1) is 14.9. The van der Waals surface area contributed by atoms with Gasteiger partial charge in [-0.05, 0) is 66.7 Å². The molecule has 0 atom stereocenters. The van der Waals surface area contributed by atoms with Crippen molar-refractivity contribution in [1.82, 2.24) is 5.32 Å². The third kappa shape index (κ3) is 4.57. The number of hydrogen-bond acceptors (Lipinski definition) is 6. The second-order valence-corrected chi connectivity index (χ2v) is 8.36. The van der Waals surface area contributed by atoms with Crippen molar-refractivity contribution in [2.24, 2.45) is 0 Å². The number of ether oxygens (including phenoxy) is 1. The average Bonchev–Trinajstić information content (AvgIpc) is 3.20. The average molecular weight is 499 g/mol. The highest BCUT2D eigenvalue weighted by Gasteiger charge is 2.37. The van der Waals surface area contributed by atoms with Crippen LogP contribution in [0.2, 0.25) is 0 Å². The summed E-state index contributed by atoms with van der Waals surface area (Å²) < 4.78 is 11.7. The van der Waals surface area contributed by atoms with E-state index in [1.54, 1.807) is 43.5 Å². The Bertz CT molecular complexity index is 1190. The van der Waals surface area contributed by atoms with Crippen molar-refractivity contribution in [2.45, 2.75) is 9.99 Å². The number of urea groups is 1. The minimum atomic E-state index is -0.801. The Morgan fingerprint density at radius 1 is 1.00 bits per heavy atom. The van der Waals surface area contributed by atoms with Crippen molar-refractivity contribution in [1.29, 1.82) is 0 Å². The predicted octanol–water partition coefficient (Wildman–Crippen LogP) is 4.87. The summed E-state index contributed by atoms with van der Waals surface area (Å²) in [5, 5.41) is 2.77. The summed E-state index contributed by atoms with van der Waals surface area (Å²) in [5.74, 6) is -0.429. The number of halogens is 1. The van der Waals surface area contributed by atoms with Gasteiger partial charge in [-0.25, -0.2) is 9.69 Å². The van der Waals surface area contributed by atoms with E-state index in [0.29, 0.717) is 16.5 Å². The van der Waals surface area contributed by atoms with Crippen molar-refractivity contribution in [3.63, 3.8) is 0 Å². The number of furan rings is 1. The van der Waals surface area contributed by atoms with Gasteiger partial charge in [0.05, 0.1) is 12.8 Å². The fourth-order valence-corrected chi connectivity index (χ4v) is 3.89. The summed E-state index contributed by atoms with van der Waals surface area (Å²) >= 11 is 4.69. The van der Waals surface area contributed by atoms with Crippen molar-refractivity contribution in [2.75, 3.05) is 12.0 Å². The third-order valence-corrected chi connectivity index (χ3v) is 5.81. The lowest BCUT2D eigenvalue weighted by Gasteiger charge is -2.26. The number of barbiturate groups is 1. The summed E-state index contributed by atoms with van der Waals surface area (Å²) in [7, 11) is 1.60. The number of hydrogen-bond donors (Lipinski definition) is 1. The molecule has 4 amide bonds. The van der Waals surface area contributed by atoms with Gasteiger partial charge in [0, 0.05) is 9.37 Å². The largest absolute Gasteiger partial charge is 0.497 e. The van der Waals surface area contributed by atoms with Gasteiger partial charge in [-0.1, -0.05) is 27.7 Å². The zero-order valence-corrected chi connectivity index (χ0v) is 18.5. The van der Waals surface area contributed by atoms with Gasteiger partial charge >= 0.3 is 6.03 Å². The third-order valence-electron chi connectivity index (χ3n) is 4.35. The Labute approximate surface area is 190 Å². The monoisotopic (exact) mass is 498 g/mol. The molecule has 1 fully saturated rings. The highest BCUT2D eigenvalue weighted by molar-refractivity contribution is 9.10. The van der Waals surface area contributed by atoms with Gasteiger partial charge in [0.15, 0.2) is 5.09 Å². The molecule has 2 aromatic carbocycles. The van der Waals surface area contributed by atoms with Gasteiger partial charge in [-0.15, -0.1) is 0 Å². The number of carbonyl (C=O) groups excluding carboxylic acids is 3. The Morgan fingerprint density at radius 2 is 1.71 bits per heavy atom. The van der Waals surface area contributed by atoms with Gasteiger partial charge in [-0.2, -0.15) is 0 Å². The molecule has 2 heterocycles. The highest BCUT2D eigenvalue weighted by Crippen LogP contribution is 2.31. The van der Waals surface area contributed by atoms with Gasteiger partial charge in [0.2, 0.25) is 0 Å². The molecule has 1 N–H and O–H groups in total. The van der Waals surface area contributed by atoms with E-state index in [1.165, 1.54) is 17.8 Å². The molecule has 0 radical (unpaired) electrons. The van der Waals surface area contributed by atoms with Crippen LogP contribution in [0.25, 0.3) is 6.08 Å². The smallest absolute Gasteiger partial charge is 0.335 e. The first kappa shape index (κ1) is 21.0. The van der Waals surface area contributed by atoms with E-state index in [-0.39, 0.29) is 5.57 Å². The van der Waals surface area contributed by atoms with Crippen LogP contribution >= 0.6 is 27.7 Å². The SMILES string of the molecule is COc1ccc(Sc2ccc(/C=C3/C(=O)NC(=O)N(c4ccc(Br)cc4)C3=O)o2)cc1. The number of nitrogens with zero attached hydrogens (tertiary/aromatic N) is 1. The molecule has 0 aliphatic carbocycles. The second kappa shape index (κ2) is 8.83. The molecule has 3 aromatic rings. The van der Waals surface area contributed by atoms with Crippen LogP contribution in [0, 0.1) is 0 Å². The number of rotatable bonds is 5. The standard InChI is InChI=1S/C22H15BrN2O5S/c1-29-15-6-9-17(10-7-15)31-19-11-8-16(30-19)12-18-20(26)24-22(28)25(21(18)27)14-4-2-13(23)3-5-14/h2-12H,1H3,(H,24,26,28)/b18-12-. The summed E-state index contributed by atoms with van der Waals surface area (Å²) in [6, 6.07) is 16.7. The minimum absolute atomic E-state index is 0.196. The van der Waals surface area contributed by atoms with Crippen LogP contribution in [0.15, 0.2) is 85.1 Å². The maximum absolute atomic E-state index is 12.9. The van der Waals surface area contributed by atoms with Crippen molar-refractivity contribution >= 4 is 57.3 Å². The molecule has 1 aliphatic rings.